The molecule has 0 saturated heterocycles. The standard InChI is InChI=1S/C14H10ClN3O2/c15-11-6-2-5-10(12(11)16)14-17-13(18-20-14)8-3-1-4-9(19)7-8/h1-7,19H,16H2. The van der Waals surface area contributed by atoms with Crippen molar-refractivity contribution in [1.29, 1.82) is 0 Å². The number of nitrogen functional groups attached to an aromatic ring is 1. The zero-order valence-corrected chi connectivity index (χ0v) is 11.0. The molecule has 0 atom stereocenters. The van der Waals surface area contributed by atoms with Crippen molar-refractivity contribution in [2.75, 3.05) is 5.73 Å². The second-order valence-corrected chi connectivity index (χ2v) is 4.58. The number of aromatic nitrogens is 2. The van der Waals surface area contributed by atoms with Gasteiger partial charge in [-0.1, -0.05) is 35.0 Å². The Kier molecular flexibility index (Phi) is 3.04. The van der Waals surface area contributed by atoms with Crippen LogP contribution in [0.3, 0.4) is 0 Å². The fourth-order valence-electron chi connectivity index (χ4n) is 1.82. The number of aromatic hydroxyl groups is 1. The van der Waals surface area contributed by atoms with Gasteiger partial charge < -0.3 is 15.4 Å². The number of para-hydroxylation sites is 1. The van der Waals surface area contributed by atoms with Gasteiger partial charge in [0.05, 0.1) is 16.3 Å². The second kappa shape index (κ2) is 4.86. The van der Waals surface area contributed by atoms with Crippen LogP contribution < -0.4 is 5.73 Å². The van der Waals surface area contributed by atoms with Gasteiger partial charge >= 0.3 is 0 Å². The summed E-state index contributed by atoms with van der Waals surface area (Å²) in [4.78, 5) is 4.27. The monoisotopic (exact) mass is 287 g/mol. The fraction of sp³-hybridized carbons (Fsp3) is 0. The molecule has 0 amide bonds. The van der Waals surface area contributed by atoms with Gasteiger partial charge in [0.25, 0.3) is 5.89 Å². The zero-order valence-electron chi connectivity index (χ0n) is 10.2. The average Bonchev–Trinajstić information content (AvgIpc) is 2.91. The maximum Gasteiger partial charge on any atom is 0.260 e. The predicted octanol–water partition coefficient (Wildman–Crippen LogP) is 3.34. The van der Waals surface area contributed by atoms with Gasteiger partial charge in [-0.15, -0.1) is 0 Å². The number of nitrogens with zero attached hydrogens (tertiary/aromatic N) is 2. The first-order valence-electron chi connectivity index (χ1n) is 5.82. The van der Waals surface area contributed by atoms with E-state index in [0.29, 0.717) is 27.7 Å². The molecule has 2 aromatic carbocycles. The molecular formula is C14H10ClN3O2. The number of anilines is 1. The van der Waals surface area contributed by atoms with E-state index in [9.17, 15) is 5.11 Å². The van der Waals surface area contributed by atoms with E-state index in [4.69, 9.17) is 21.9 Å². The highest BCUT2D eigenvalue weighted by atomic mass is 35.5. The van der Waals surface area contributed by atoms with Crippen LogP contribution in [0.4, 0.5) is 5.69 Å². The molecule has 0 aliphatic carbocycles. The third-order valence-electron chi connectivity index (χ3n) is 2.81. The number of rotatable bonds is 2. The lowest BCUT2D eigenvalue weighted by molar-refractivity contribution is 0.432. The molecule has 0 spiro atoms. The van der Waals surface area contributed by atoms with Gasteiger partial charge in [0.2, 0.25) is 5.82 Å². The van der Waals surface area contributed by atoms with Crippen LogP contribution in [0.2, 0.25) is 5.02 Å². The molecule has 0 aliphatic rings. The molecule has 0 unspecified atom stereocenters. The number of phenols is 1. The Balaban J connectivity index is 2.04. The quantitative estimate of drug-likeness (QED) is 0.706. The fourth-order valence-corrected chi connectivity index (χ4v) is 1.99. The van der Waals surface area contributed by atoms with Crippen molar-refractivity contribution in [3.05, 3.63) is 47.5 Å². The van der Waals surface area contributed by atoms with Crippen molar-refractivity contribution in [3.8, 4) is 28.6 Å². The Bertz CT molecular complexity index is 771. The van der Waals surface area contributed by atoms with Crippen molar-refractivity contribution in [2.45, 2.75) is 0 Å². The van der Waals surface area contributed by atoms with Crippen LogP contribution in [0.15, 0.2) is 47.0 Å². The molecule has 5 nitrogen and oxygen atoms in total. The number of phenolic OH excluding ortho intramolecular Hbond substituents is 1. The van der Waals surface area contributed by atoms with Crippen molar-refractivity contribution < 1.29 is 9.63 Å². The van der Waals surface area contributed by atoms with Gasteiger partial charge in [0.15, 0.2) is 0 Å². The summed E-state index contributed by atoms with van der Waals surface area (Å²) < 4.78 is 5.20. The first-order chi connectivity index (χ1) is 9.65. The van der Waals surface area contributed by atoms with Crippen LogP contribution in [-0.4, -0.2) is 15.2 Å². The van der Waals surface area contributed by atoms with Crippen molar-refractivity contribution in [2.24, 2.45) is 0 Å². The van der Waals surface area contributed by atoms with Crippen molar-refractivity contribution in [1.82, 2.24) is 10.1 Å². The summed E-state index contributed by atoms with van der Waals surface area (Å²) in [6.45, 7) is 0. The minimum atomic E-state index is 0.135. The maximum absolute atomic E-state index is 9.46. The number of hydrogen-bond acceptors (Lipinski definition) is 5. The number of halogens is 1. The maximum atomic E-state index is 9.46. The number of hydrogen-bond donors (Lipinski definition) is 2. The van der Waals surface area contributed by atoms with Crippen LogP contribution in [0.5, 0.6) is 5.75 Å². The minimum Gasteiger partial charge on any atom is -0.508 e. The molecule has 0 bridgehead atoms. The molecule has 0 aliphatic heterocycles. The molecule has 1 heterocycles. The largest absolute Gasteiger partial charge is 0.508 e. The third-order valence-corrected chi connectivity index (χ3v) is 3.14. The van der Waals surface area contributed by atoms with E-state index in [1.54, 1.807) is 42.5 Å². The van der Waals surface area contributed by atoms with Crippen LogP contribution in [0.1, 0.15) is 0 Å². The lowest BCUT2D eigenvalue weighted by Crippen LogP contribution is -1.91. The van der Waals surface area contributed by atoms with E-state index in [2.05, 4.69) is 10.1 Å². The van der Waals surface area contributed by atoms with Gasteiger partial charge in [0.1, 0.15) is 5.75 Å². The molecule has 3 N–H and O–H groups in total. The topological polar surface area (TPSA) is 85.2 Å². The summed E-state index contributed by atoms with van der Waals surface area (Å²) in [7, 11) is 0. The van der Waals surface area contributed by atoms with Crippen LogP contribution in [-0.2, 0) is 0 Å². The highest BCUT2D eigenvalue weighted by molar-refractivity contribution is 6.33. The van der Waals surface area contributed by atoms with Gasteiger partial charge in [0, 0.05) is 5.56 Å². The van der Waals surface area contributed by atoms with E-state index in [0.717, 1.165) is 0 Å². The molecule has 100 valence electrons. The SMILES string of the molecule is Nc1c(Cl)cccc1-c1nc(-c2cccc(O)c2)no1. The van der Waals surface area contributed by atoms with E-state index in [-0.39, 0.29) is 11.6 Å². The summed E-state index contributed by atoms with van der Waals surface area (Å²) in [5, 5.41) is 13.8. The van der Waals surface area contributed by atoms with E-state index < -0.39 is 0 Å². The van der Waals surface area contributed by atoms with Crippen molar-refractivity contribution in [3.63, 3.8) is 0 Å². The first kappa shape index (κ1) is 12.5. The Morgan fingerprint density at radius 2 is 1.95 bits per heavy atom. The van der Waals surface area contributed by atoms with Gasteiger partial charge in [-0.3, -0.25) is 0 Å². The summed E-state index contributed by atoms with van der Waals surface area (Å²) in [5.41, 5.74) is 7.51. The smallest absolute Gasteiger partial charge is 0.260 e. The zero-order chi connectivity index (χ0) is 14.1. The molecule has 20 heavy (non-hydrogen) atoms. The van der Waals surface area contributed by atoms with E-state index in [1.165, 1.54) is 0 Å². The highest BCUT2D eigenvalue weighted by Gasteiger charge is 2.14. The Morgan fingerprint density at radius 3 is 2.75 bits per heavy atom. The van der Waals surface area contributed by atoms with Gasteiger partial charge in [-0.05, 0) is 24.3 Å². The molecule has 0 saturated carbocycles. The normalized spacial score (nSPS) is 10.7. The summed E-state index contributed by atoms with van der Waals surface area (Å²) in [6, 6.07) is 11.8. The minimum absolute atomic E-state index is 0.135. The van der Waals surface area contributed by atoms with Gasteiger partial charge in [-0.25, -0.2) is 0 Å². The molecule has 0 fully saturated rings. The van der Waals surface area contributed by atoms with Gasteiger partial charge in [-0.2, -0.15) is 4.98 Å². The molecule has 3 aromatic rings. The summed E-state index contributed by atoms with van der Waals surface area (Å²) in [5.74, 6) is 0.787. The van der Waals surface area contributed by atoms with Crippen molar-refractivity contribution >= 4 is 17.3 Å². The molecule has 6 heteroatoms. The highest BCUT2D eigenvalue weighted by Crippen LogP contribution is 2.31. The molecule has 1 aromatic heterocycles. The first-order valence-corrected chi connectivity index (χ1v) is 6.20. The average molecular weight is 288 g/mol. The molecular weight excluding hydrogens is 278 g/mol. The van der Waals surface area contributed by atoms with Crippen LogP contribution in [0.25, 0.3) is 22.8 Å². The van der Waals surface area contributed by atoms with Crippen LogP contribution >= 0.6 is 11.6 Å². The Hall–Kier alpha value is -2.53. The lowest BCUT2D eigenvalue weighted by atomic mass is 10.2. The summed E-state index contributed by atoms with van der Waals surface area (Å²) >= 11 is 5.96. The van der Waals surface area contributed by atoms with Crippen LogP contribution in [0, 0.1) is 0 Å². The predicted molar refractivity (Wildman–Crippen MR) is 76.3 cm³/mol. The number of nitrogens with two attached hydrogens (primary N) is 1. The molecule has 3 rings (SSSR count). The Labute approximate surface area is 119 Å². The second-order valence-electron chi connectivity index (χ2n) is 4.17. The molecule has 0 radical (unpaired) electrons. The Morgan fingerprint density at radius 1 is 1.15 bits per heavy atom. The lowest BCUT2D eigenvalue weighted by Gasteiger charge is -2.01. The van der Waals surface area contributed by atoms with E-state index >= 15 is 0 Å². The third kappa shape index (κ3) is 2.19. The summed E-state index contributed by atoms with van der Waals surface area (Å²) in [6.07, 6.45) is 0. The number of benzene rings is 2. The van der Waals surface area contributed by atoms with E-state index in [1.807, 2.05) is 0 Å².